The Morgan fingerprint density at radius 2 is 2.06 bits per heavy atom. The maximum atomic E-state index is 10.5. The van der Waals surface area contributed by atoms with E-state index in [1.54, 1.807) is 12.1 Å². The van der Waals surface area contributed by atoms with Crippen molar-refractivity contribution < 1.29 is 10.0 Å². The number of aliphatic hydroxyl groups is 1. The van der Waals surface area contributed by atoms with Crippen molar-refractivity contribution in [2.75, 3.05) is 0 Å². The third-order valence-corrected chi connectivity index (χ3v) is 3.14. The number of hydrogen-bond donors (Lipinski definition) is 1. The minimum absolute atomic E-state index is 0.0557. The Morgan fingerprint density at radius 3 is 2.59 bits per heavy atom. The summed E-state index contributed by atoms with van der Waals surface area (Å²) in [7, 11) is 0. The van der Waals surface area contributed by atoms with E-state index in [9.17, 15) is 15.2 Å². The van der Waals surface area contributed by atoms with Gasteiger partial charge >= 0.3 is 0 Å². The molecule has 17 heavy (non-hydrogen) atoms. The van der Waals surface area contributed by atoms with Crippen molar-refractivity contribution in [2.45, 2.75) is 25.4 Å². The first-order valence-corrected chi connectivity index (χ1v) is 5.77. The van der Waals surface area contributed by atoms with Gasteiger partial charge in [0.25, 0.3) is 5.69 Å². The van der Waals surface area contributed by atoms with Gasteiger partial charge in [-0.15, -0.1) is 0 Å². The molecular weight excluding hydrogens is 218 g/mol. The van der Waals surface area contributed by atoms with Gasteiger partial charge in [0.15, 0.2) is 0 Å². The Labute approximate surface area is 99.7 Å². The second-order valence-electron chi connectivity index (χ2n) is 4.32. The van der Waals surface area contributed by atoms with Crippen LogP contribution < -0.4 is 0 Å². The Morgan fingerprint density at radius 1 is 1.35 bits per heavy atom. The summed E-state index contributed by atoms with van der Waals surface area (Å²) in [5.74, 6) is 0.130. The lowest BCUT2D eigenvalue weighted by molar-refractivity contribution is -0.384. The monoisotopic (exact) mass is 233 g/mol. The van der Waals surface area contributed by atoms with Crippen LogP contribution in [0.3, 0.4) is 0 Å². The van der Waals surface area contributed by atoms with Crippen molar-refractivity contribution in [3.05, 3.63) is 52.1 Å². The zero-order valence-electron chi connectivity index (χ0n) is 9.45. The molecule has 0 saturated heterocycles. The number of rotatable bonds is 3. The SMILES string of the molecule is O=[N+]([O-])c1ccc([C@H](O)[C@H]2C=CCCC2)cc1. The number of allylic oxidation sites excluding steroid dienone is 1. The molecule has 1 N–H and O–H groups in total. The molecule has 4 nitrogen and oxygen atoms in total. The number of hydrogen-bond acceptors (Lipinski definition) is 3. The number of non-ortho nitro benzene ring substituents is 1. The van der Waals surface area contributed by atoms with E-state index in [4.69, 9.17) is 0 Å². The van der Waals surface area contributed by atoms with E-state index in [0.29, 0.717) is 0 Å². The highest BCUT2D eigenvalue weighted by Gasteiger charge is 2.20. The van der Waals surface area contributed by atoms with Crippen LogP contribution in [-0.2, 0) is 0 Å². The third kappa shape index (κ3) is 2.71. The van der Waals surface area contributed by atoms with Crippen molar-refractivity contribution in [3.63, 3.8) is 0 Å². The molecule has 90 valence electrons. The number of nitrogens with zero attached hydrogens (tertiary/aromatic N) is 1. The second-order valence-corrected chi connectivity index (χ2v) is 4.32. The van der Waals surface area contributed by atoms with Crippen LogP contribution in [0.5, 0.6) is 0 Å². The van der Waals surface area contributed by atoms with Crippen LogP contribution in [0.1, 0.15) is 30.9 Å². The van der Waals surface area contributed by atoms with Crippen LogP contribution >= 0.6 is 0 Å². The summed E-state index contributed by atoms with van der Waals surface area (Å²) in [5, 5.41) is 20.7. The summed E-state index contributed by atoms with van der Waals surface area (Å²) in [6, 6.07) is 6.13. The van der Waals surface area contributed by atoms with Crippen molar-refractivity contribution >= 4 is 5.69 Å². The van der Waals surface area contributed by atoms with E-state index in [2.05, 4.69) is 6.08 Å². The largest absolute Gasteiger partial charge is 0.388 e. The molecule has 0 saturated carbocycles. The van der Waals surface area contributed by atoms with E-state index in [-0.39, 0.29) is 11.6 Å². The summed E-state index contributed by atoms with van der Waals surface area (Å²) < 4.78 is 0. The summed E-state index contributed by atoms with van der Waals surface area (Å²) >= 11 is 0. The molecule has 0 aromatic heterocycles. The molecule has 0 heterocycles. The van der Waals surface area contributed by atoms with Gasteiger partial charge in [-0.2, -0.15) is 0 Å². The fraction of sp³-hybridized carbons (Fsp3) is 0.385. The predicted octanol–water partition coefficient (Wildman–Crippen LogP) is 2.98. The van der Waals surface area contributed by atoms with Crippen LogP contribution in [0.4, 0.5) is 5.69 Å². The number of aliphatic hydroxyl groups excluding tert-OH is 1. The van der Waals surface area contributed by atoms with Crippen molar-refractivity contribution in [1.82, 2.24) is 0 Å². The zero-order valence-corrected chi connectivity index (χ0v) is 9.45. The van der Waals surface area contributed by atoms with Crippen LogP contribution in [0.15, 0.2) is 36.4 Å². The van der Waals surface area contributed by atoms with E-state index in [1.807, 2.05) is 6.08 Å². The lowest BCUT2D eigenvalue weighted by Crippen LogP contribution is -2.12. The molecule has 1 aliphatic rings. The highest BCUT2D eigenvalue weighted by molar-refractivity contribution is 5.34. The minimum Gasteiger partial charge on any atom is -0.388 e. The molecule has 1 aromatic rings. The molecule has 0 fully saturated rings. The molecule has 0 spiro atoms. The van der Waals surface area contributed by atoms with Gasteiger partial charge in [-0.25, -0.2) is 0 Å². The van der Waals surface area contributed by atoms with Gasteiger partial charge in [0.1, 0.15) is 0 Å². The van der Waals surface area contributed by atoms with Crippen molar-refractivity contribution in [2.24, 2.45) is 5.92 Å². The molecular formula is C13H15NO3. The second kappa shape index (κ2) is 5.10. The smallest absolute Gasteiger partial charge is 0.269 e. The normalized spacial score (nSPS) is 21.1. The first-order valence-electron chi connectivity index (χ1n) is 5.77. The van der Waals surface area contributed by atoms with Gasteiger partial charge in [0.2, 0.25) is 0 Å². The Hall–Kier alpha value is -1.68. The maximum absolute atomic E-state index is 10.5. The van der Waals surface area contributed by atoms with Crippen molar-refractivity contribution in [3.8, 4) is 0 Å². The maximum Gasteiger partial charge on any atom is 0.269 e. The Balaban J connectivity index is 2.13. The highest BCUT2D eigenvalue weighted by Crippen LogP contribution is 2.30. The van der Waals surface area contributed by atoms with Gasteiger partial charge in [0, 0.05) is 18.1 Å². The van der Waals surface area contributed by atoms with E-state index in [1.165, 1.54) is 12.1 Å². The number of nitro benzene ring substituents is 1. The summed E-state index contributed by atoms with van der Waals surface area (Å²) in [6.07, 6.45) is 6.69. The van der Waals surface area contributed by atoms with E-state index in [0.717, 1.165) is 24.8 Å². The summed E-state index contributed by atoms with van der Waals surface area (Å²) in [6.45, 7) is 0. The molecule has 1 aliphatic carbocycles. The number of benzene rings is 1. The third-order valence-electron chi connectivity index (χ3n) is 3.14. The molecule has 0 aliphatic heterocycles. The Bertz CT molecular complexity index is 425. The van der Waals surface area contributed by atoms with Crippen LogP contribution in [0, 0.1) is 16.0 Å². The lowest BCUT2D eigenvalue weighted by Gasteiger charge is -2.22. The fourth-order valence-corrected chi connectivity index (χ4v) is 2.14. The topological polar surface area (TPSA) is 63.4 Å². The zero-order chi connectivity index (χ0) is 12.3. The average Bonchev–Trinajstić information content (AvgIpc) is 2.39. The van der Waals surface area contributed by atoms with Gasteiger partial charge in [0.05, 0.1) is 11.0 Å². The highest BCUT2D eigenvalue weighted by atomic mass is 16.6. The van der Waals surface area contributed by atoms with Crippen LogP contribution in [0.25, 0.3) is 0 Å². The minimum atomic E-state index is -0.563. The molecule has 2 rings (SSSR count). The first kappa shape index (κ1) is 11.8. The molecule has 4 heteroatoms. The summed E-state index contributed by atoms with van der Waals surface area (Å²) in [5.41, 5.74) is 0.798. The summed E-state index contributed by atoms with van der Waals surface area (Å²) in [4.78, 5) is 10.1. The molecule has 1 aromatic carbocycles. The van der Waals surface area contributed by atoms with E-state index < -0.39 is 11.0 Å². The van der Waals surface area contributed by atoms with Crippen LogP contribution in [0.2, 0.25) is 0 Å². The fourth-order valence-electron chi connectivity index (χ4n) is 2.14. The number of nitro groups is 1. The predicted molar refractivity (Wildman–Crippen MR) is 64.5 cm³/mol. The van der Waals surface area contributed by atoms with Crippen LogP contribution in [-0.4, -0.2) is 10.0 Å². The molecule has 0 amide bonds. The Kier molecular flexibility index (Phi) is 3.54. The van der Waals surface area contributed by atoms with Gasteiger partial charge in [-0.1, -0.05) is 12.2 Å². The standard InChI is InChI=1S/C13H15NO3/c15-13(10-4-2-1-3-5-10)11-6-8-12(9-7-11)14(16)17/h2,4,6-10,13,15H,1,3,5H2/t10-,13+/m0/s1. The molecule has 2 atom stereocenters. The average molecular weight is 233 g/mol. The quantitative estimate of drug-likeness (QED) is 0.496. The van der Waals surface area contributed by atoms with Crippen molar-refractivity contribution in [1.29, 1.82) is 0 Å². The van der Waals surface area contributed by atoms with Gasteiger partial charge in [-0.05, 0) is 37.0 Å². The first-order chi connectivity index (χ1) is 8.18. The molecule has 0 unspecified atom stereocenters. The van der Waals surface area contributed by atoms with E-state index >= 15 is 0 Å². The van der Waals surface area contributed by atoms with Gasteiger partial charge < -0.3 is 5.11 Å². The molecule has 0 bridgehead atoms. The lowest BCUT2D eigenvalue weighted by atomic mass is 9.87. The molecule has 0 radical (unpaired) electrons. The van der Waals surface area contributed by atoms with Gasteiger partial charge in [-0.3, -0.25) is 10.1 Å².